The number of rotatable bonds is 1. The first kappa shape index (κ1) is 26.3. The quantitative estimate of drug-likeness (QED) is 0.432. The van der Waals surface area contributed by atoms with Gasteiger partial charge in [-0.25, -0.2) is 0 Å². The Kier molecular flexibility index (Phi) is 9.54. The molecule has 2 aliphatic rings. The Bertz CT molecular complexity index is 941. The summed E-state index contributed by atoms with van der Waals surface area (Å²) in [6.07, 6.45) is 5.80. The van der Waals surface area contributed by atoms with Gasteiger partial charge in [0.1, 0.15) is 0 Å². The first-order valence-electron chi connectivity index (χ1n) is 9.76. The molecule has 4 rings (SSSR count). The van der Waals surface area contributed by atoms with E-state index in [9.17, 15) is 0 Å². The van der Waals surface area contributed by atoms with Crippen molar-refractivity contribution in [2.45, 2.75) is 48.0 Å². The number of halogens is 2. The molecular weight excluding hydrogens is 474 g/mol. The van der Waals surface area contributed by atoms with Crippen LogP contribution in [0.2, 0.25) is 0 Å². The van der Waals surface area contributed by atoms with Crippen molar-refractivity contribution >= 4 is 8.78 Å². The third-order valence-corrected chi connectivity index (χ3v) is 5.11. The van der Waals surface area contributed by atoms with E-state index in [4.69, 9.17) is 0 Å². The number of fused-ring (bicyclic) bond motifs is 3. The van der Waals surface area contributed by atoms with Crippen molar-refractivity contribution in [1.29, 1.82) is 0 Å². The van der Waals surface area contributed by atoms with Crippen molar-refractivity contribution in [2.75, 3.05) is 0 Å². The van der Waals surface area contributed by atoms with E-state index >= 15 is 0 Å². The van der Waals surface area contributed by atoms with Gasteiger partial charge in [0.15, 0.2) is 0 Å². The number of hydrogen-bond acceptors (Lipinski definition) is 0. The van der Waals surface area contributed by atoms with Crippen LogP contribution in [0.4, 0.5) is 0 Å². The van der Waals surface area contributed by atoms with E-state index in [1.54, 1.807) is 24.2 Å². The first-order chi connectivity index (χ1) is 12.7. The maximum atomic E-state index is 3.71. The van der Waals surface area contributed by atoms with Gasteiger partial charge in [0, 0.05) is 0 Å². The van der Waals surface area contributed by atoms with E-state index < -0.39 is 0 Å². The summed E-state index contributed by atoms with van der Waals surface area (Å²) in [4.78, 5) is 0. The molecular formula is C26H29Cl2Zr-. The van der Waals surface area contributed by atoms with Gasteiger partial charge in [0.05, 0.1) is 0 Å². The van der Waals surface area contributed by atoms with Crippen molar-refractivity contribution in [3.8, 4) is 11.1 Å². The van der Waals surface area contributed by atoms with Gasteiger partial charge in [-0.05, 0) is 23.3 Å². The molecule has 0 saturated carbocycles. The summed E-state index contributed by atoms with van der Waals surface area (Å²) in [6.45, 7) is 13.4. The zero-order valence-electron chi connectivity index (χ0n) is 18.2. The molecule has 1 unspecified atom stereocenters. The van der Waals surface area contributed by atoms with Crippen LogP contribution in [0.3, 0.4) is 0 Å². The number of benzene rings is 2. The standard InChI is InChI=1S/C23H23.C3H6.2ClH.Zr/c1-15-11-19(23(2,3)4)14-22(15)17-9-10-21-18(13-17)12-16-7-5-6-8-20(16)21;1-3-2;;;/h5-11,14-15H,12H2,1-4H3;1-2H3;2*1H;/q-1;;;;+2/p-2. The van der Waals surface area contributed by atoms with Crippen LogP contribution >= 0.6 is 0 Å². The average Bonchev–Trinajstić information content (AvgIpc) is 3.13. The molecule has 29 heavy (non-hydrogen) atoms. The molecule has 0 aromatic heterocycles. The smallest absolute Gasteiger partial charge is 1.00 e. The topological polar surface area (TPSA) is 0 Å². The molecule has 0 N–H and O–H groups in total. The van der Waals surface area contributed by atoms with Gasteiger partial charge < -0.3 is 24.8 Å². The van der Waals surface area contributed by atoms with Gasteiger partial charge in [-0.15, -0.1) is 34.9 Å². The van der Waals surface area contributed by atoms with E-state index in [0.29, 0.717) is 5.92 Å². The van der Waals surface area contributed by atoms with Crippen LogP contribution < -0.4 is 24.8 Å². The summed E-state index contributed by atoms with van der Waals surface area (Å²) in [5.41, 5.74) is 9.85. The van der Waals surface area contributed by atoms with Crippen LogP contribution in [0.5, 0.6) is 0 Å². The summed E-state index contributed by atoms with van der Waals surface area (Å²) in [7, 11) is 0. The van der Waals surface area contributed by atoms with Crippen LogP contribution in [-0.4, -0.2) is 3.21 Å². The van der Waals surface area contributed by atoms with E-state index in [-0.39, 0.29) is 30.2 Å². The molecule has 3 heteroatoms. The normalized spacial score (nSPS) is 16.2. The zero-order chi connectivity index (χ0) is 19.8. The minimum atomic E-state index is 0. The van der Waals surface area contributed by atoms with Gasteiger partial charge in [-0.3, -0.25) is 0 Å². The van der Waals surface area contributed by atoms with Crippen LogP contribution in [0.15, 0.2) is 54.1 Å². The minimum absolute atomic E-state index is 0. The molecule has 0 nitrogen and oxygen atoms in total. The van der Waals surface area contributed by atoms with Crippen molar-refractivity contribution in [2.24, 2.45) is 11.3 Å². The Morgan fingerprint density at radius 2 is 1.62 bits per heavy atom. The SMILES string of the molecule is CC1C=C(C(C)(C)C)C=C1c1[c-]c2c(cc1)-c1ccccc1C2.C[C](C)=[Zr+2].[Cl-].[Cl-]. The van der Waals surface area contributed by atoms with Crippen LogP contribution in [-0.2, 0) is 30.7 Å². The van der Waals surface area contributed by atoms with Gasteiger partial charge in [-0.2, -0.15) is 0 Å². The first-order valence-corrected chi connectivity index (χ1v) is 11.0. The van der Waals surface area contributed by atoms with Crippen molar-refractivity contribution in [3.05, 3.63) is 76.9 Å². The fraction of sp³-hybridized carbons (Fsp3) is 0.346. The van der Waals surface area contributed by atoms with E-state index in [1.165, 1.54) is 42.2 Å². The second-order valence-corrected chi connectivity index (χ2v) is 11.3. The molecule has 0 saturated heterocycles. The van der Waals surface area contributed by atoms with Crippen LogP contribution in [0.25, 0.3) is 16.7 Å². The molecule has 0 amide bonds. The summed E-state index contributed by atoms with van der Waals surface area (Å²) in [5.74, 6) is 0.474. The summed E-state index contributed by atoms with van der Waals surface area (Å²) in [5, 5.41) is 0. The Morgan fingerprint density at radius 1 is 1.00 bits per heavy atom. The maximum absolute atomic E-state index is 3.71. The Labute approximate surface area is 204 Å². The minimum Gasteiger partial charge on any atom is -1.00 e. The van der Waals surface area contributed by atoms with Crippen molar-refractivity contribution < 1.29 is 49.0 Å². The van der Waals surface area contributed by atoms with Crippen LogP contribution in [0.1, 0.15) is 58.2 Å². The molecule has 0 fully saturated rings. The Morgan fingerprint density at radius 3 is 2.21 bits per heavy atom. The maximum Gasteiger partial charge on any atom is -1.00 e. The molecule has 152 valence electrons. The average molecular weight is 504 g/mol. The molecule has 0 radical (unpaired) electrons. The third kappa shape index (κ3) is 6.13. The monoisotopic (exact) mass is 501 g/mol. The van der Waals surface area contributed by atoms with E-state index in [1.807, 2.05) is 0 Å². The third-order valence-electron chi connectivity index (χ3n) is 5.11. The predicted octanol–water partition coefficient (Wildman–Crippen LogP) is 0.817. The van der Waals surface area contributed by atoms with Gasteiger partial charge in [0.25, 0.3) is 0 Å². The van der Waals surface area contributed by atoms with E-state index in [0.717, 1.165) is 6.42 Å². The largest absolute Gasteiger partial charge is 1.00 e. The molecule has 2 aromatic rings. The van der Waals surface area contributed by atoms with Crippen LogP contribution in [0, 0.1) is 17.4 Å². The summed E-state index contributed by atoms with van der Waals surface area (Å²) < 4.78 is 1.51. The van der Waals surface area contributed by atoms with Crippen molar-refractivity contribution in [3.63, 3.8) is 0 Å². The van der Waals surface area contributed by atoms with E-state index in [2.05, 4.69) is 96.2 Å². The molecule has 0 heterocycles. The summed E-state index contributed by atoms with van der Waals surface area (Å²) in [6, 6.07) is 17.0. The van der Waals surface area contributed by atoms with Crippen molar-refractivity contribution in [1.82, 2.24) is 0 Å². The molecule has 0 aliphatic heterocycles. The molecule has 0 bridgehead atoms. The predicted molar refractivity (Wildman–Crippen MR) is 115 cm³/mol. The van der Waals surface area contributed by atoms with Gasteiger partial charge >= 0.3 is 41.3 Å². The zero-order valence-corrected chi connectivity index (χ0v) is 22.1. The van der Waals surface area contributed by atoms with Gasteiger partial charge in [0.2, 0.25) is 0 Å². The number of allylic oxidation sites excluding steroid dienone is 4. The number of hydrogen-bond donors (Lipinski definition) is 0. The molecule has 1 atom stereocenters. The fourth-order valence-electron chi connectivity index (χ4n) is 3.72. The Hall–Kier alpha value is -0.747. The molecule has 0 spiro atoms. The Balaban J connectivity index is 0.000000646. The second-order valence-electron chi connectivity index (χ2n) is 8.86. The summed E-state index contributed by atoms with van der Waals surface area (Å²) >= 11 is 1.55. The molecule has 2 aliphatic carbocycles. The molecule has 2 aromatic carbocycles. The fourth-order valence-corrected chi connectivity index (χ4v) is 3.72. The second kappa shape index (κ2) is 10.5. The van der Waals surface area contributed by atoms with Gasteiger partial charge in [-0.1, -0.05) is 80.8 Å².